The van der Waals surface area contributed by atoms with Gasteiger partial charge in [-0.25, -0.2) is 26.9 Å². The van der Waals surface area contributed by atoms with E-state index in [1.54, 1.807) is 23.3 Å². The summed E-state index contributed by atoms with van der Waals surface area (Å²) in [5.41, 5.74) is 5.82. The van der Waals surface area contributed by atoms with Gasteiger partial charge < -0.3 is 21.0 Å². The van der Waals surface area contributed by atoms with Gasteiger partial charge in [0, 0.05) is 0 Å². The maximum Gasteiger partial charge on any atom is 0.266 e. The van der Waals surface area contributed by atoms with Crippen LogP contribution in [0.1, 0.15) is 16.9 Å². The Balaban J connectivity index is 1.67. The maximum absolute atomic E-state index is 14.5. The van der Waals surface area contributed by atoms with Gasteiger partial charge in [-0.15, -0.1) is 11.3 Å². The SMILES string of the molecule is NCCCn1cc[n+](CC(=O)Nc2ccc(S(=O)(=O)Nc3scnc3C(=O)[O-])cc2F)c1. The van der Waals surface area contributed by atoms with E-state index < -0.39 is 38.3 Å². The molecule has 14 heteroatoms. The van der Waals surface area contributed by atoms with Crippen LogP contribution < -0.4 is 25.4 Å². The van der Waals surface area contributed by atoms with Crippen molar-refractivity contribution in [3.63, 3.8) is 0 Å². The number of halogens is 1. The molecule has 0 saturated heterocycles. The van der Waals surface area contributed by atoms with Gasteiger partial charge in [0.05, 0.1) is 28.6 Å². The van der Waals surface area contributed by atoms with Crippen molar-refractivity contribution >= 4 is 43.9 Å². The summed E-state index contributed by atoms with van der Waals surface area (Å²) >= 11 is 0.739. The summed E-state index contributed by atoms with van der Waals surface area (Å²) in [6.07, 6.45) is 5.97. The lowest BCUT2D eigenvalue weighted by Gasteiger charge is -2.10. The molecule has 170 valence electrons. The first-order chi connectivity index (χ1) is 15.2. The quantitative estimate of drug-likeness (QED) is 0.329. The number of hydrogen-bond acceptors (Lipinski definition) is 8. The molecule has 1 aromatic carbocycles. The molecule has 0 saturated carbocycles. The van der Waals surface area contributed by atoms with E-state index in [-0.39, 0.29) is 17.2 Å². The first-order valence-electron chi connectivity index (χ1n) is 9.21. The number of nitrogens with two attached hydrogens (primary N) is 1. The van der Waals surface area contributed by atoms with Gasteiger partial charge in [-0.2, -0.15) is 0 Å². The number of aromatic carboxylic acids is 1. The van der Waals surface area contributed by atoms with Gasteiger partial charge in [0.15, 0.2) is 6.54 Å². The van der Waals surface area contributed by atoms with Crippen LogP contribution in [0.2, 0.25) is 0 Å². The summed E-state index contributed by atoms with van der Waals surface area (Å²) < 4.78 is 44.9. The van der Waals surface area contributed by atoms with Crippen molar-refractivity contribution < 1.29 is 32.1 Å². The second-order valence-electron chi connectivity index (χ2n) is 6.58. The van der Waals surface area contributed by atoms with Crippen LogP contribution in [0, 0.1) is 5.82 Å². The van der Waals surface area contributed by atoms with Gasteiger partial charge in [-0.05, 0) is 31.2 Å². The zero-order valence-electron chi connectivity index (χ0n) is 16.5. The van der Waals surface area contributed by atoms with Crippen molar-refractivity contribution in [2.24, 2.45) is 5.73 Å². The molecule has 2 heterocycles. The van der Waals surface area contributed by atoms with Crippen LogP contribution in [0.5, 0.6) is 0 Å². The van der Waals surface area contributed by atoms with E-state index in [1.807, 2.05) is 9.29 Å². The van der Waals surface area contributed by atoms with E-state index >= 15 is 0 Å². The highest BCUT2D eigenvalue weighted by Crippen LogP contribution is 2.25. The first-order valence-corrected chi connectivity index (χ1v) is 11.6. The fourth-order valence-corrected chi connectivity index (χ4v) is 4.70. The lowest BCUT2D eigenvalue weighted by atomic mass is 10.3. The number of carbonyl (C=O) groups excluding carboxylic acids is 2. The number of sulfonamides is 1. The van der Waals surface area contributed by atoms with E-state index in [1.165, 1.54) is 0 Å². The van der Waals surface area contributed by atoms with Crippen LogP contribution in [0.4, 0.5) is 15.1 Å². The summed E-state index contributed by atoms with van der Waals surface area (Å²) in [6.45, 7) is 1.17. The third kappa shape index (κ3) is 5.66. The molecular formula is C18H19FN6O5S2. The minimum absolute atomic E-state index is 0.0753. The monoisotopic (exact) mass is 482 g/mol. The van der Waals surface area contributed by atoms with Crippen LogP contribution in [0.25, 0.3) is 0 Å². The van der Waals surface area contributed by atoms with Gasteiger partial charge in [-0.1, -0.05) is 0 Å². The number of amides is 1. The number of carbonyl (C=O) groups is 2. The highest BCUT2D eigenvalue weighted by molar-refractivity contribution is 7.93. The largest absolute Gasteiger partial charge is 0.543 e. The highest BCUT2D eigenvalue weighted by Gasteiger charge is 2.20. The molecule has 1 amide bonds. The number of benzene rings is 1. The van der Waals surface area contributed by atoms with Crippen molar-refractivity contribution in [3.8, 4) is 0 Å². The Morgan fingerprint density at radius 3 is 2.81 bits per heavy atom. The second-order valence-corrected chi connectivity index (χ2v) is 9.12. The number of carboxylic acid groups (broad SMARTS) is 1. The molecule has 0 aliphatic rings. The number of aryl methyl sites for hydroxylation is 1. The Bertz CT molecular complexity index is 1240. The van der Waals surface area contributed by atoms with E-state index in [4.69, 9.17) is 5.73 Å². The second kappa shape index (κ2) is 9.84. The van der Waals surface area contributed by atoms with Crippen molar-refractivity contribution in [2.45, 2.75) is 24.4 Å². The standard InChI is InChI=1S/C18H19FN6O5S2/c19-13-8-12(32(29,30)23-17-16(18(27)28)21-10-31-17)2-3-14(13)22-15(26)9-25-7-6-24(11-25)5-1-4-20/h2-3,6-8,10-11,23H,1,4-5,9,20H2,(H-,22,26,27,28). The molecule has 32 heavy (non-hydrogen) atoms. The van der Waals surface area contributed by atoms with E-state index in [2.05, 4.69) is 10.3 Å². The smallest absolute Gasteiger partial charge is 0.266 e. The van der Waals surface area contributed by atoms with Crippen molar-refractivity contribution in [2.75, 3.05) is 16.6 Å². The zero-order chi connectivity index (χ0) is 23.3. The molecule has 0 bridgehead atoms. The van der Waals surface area contributed by atoms with Crippen LogP contribution in [-0.2, 0) is 27.9 Å². The zero-order valence-corrected chi connectivity index (χ0v) is 18.2. The van der Waals surface area contributed by atoms with Crippen molar-refractivity contribution in [3.05, 3.63) is 53.9 Å². The average Bonchev–Trinajstić information content (AvgIpc) is 3.36. The molecule has 0 aliphatic carbocycles. The number of rotatable bonds is 10. The number of nitrogens with zero attached hydrogens (tertiary/aromatic N) is 3. The van der Waals surface area contributed by atoms with Gasteiger partial charge in [0.25, 0.3) is 15.9 Å². The Morgan fingerprint density at radius 2 is 2.12 bits per heavy atom. The first kappa shape index (κ1) is 23.3. The predicted molar refractivity (Wildman–Crippen MR) is 111 cm³/mol. The summed E-state index contributed by atoms with van der Waals surface area (Å²) in [5.74, 6) is -3.14. The normalized spacial score (nSPS) is 11.3. The Labute approximate surface area is 186 Å². The molecule has 2 aromatic heterocycles. The number of nitrogens with one attached hydrogen (secondary N) is 2. The third-order valence-electron chi connectivity index (χ3n) is 4.21. The molecular weight excluding hydrogens is 463 g/mol. The van der Waals surface area contributed by atoms with Gasteiger partial charge in [0.2, 0.25) is 6.33 Å². The summed E-state index contributed by atoms with van der Waals surface area (Å²) in [4.78, 5) is 26.2. The molecule has 4 N–H and O–H groups in total. The van der Waals surface area contributed by atoms with Gasteiger partial charge >= 0.3 is 0 Å². The van der Waals surface area contributed by atoms with Crippen LogP contribution in [0.15, 0.2) is 47.3 Å². The number of thiazole rings is 1. The molecule has 0 spiro atoms. The molecule has 0 aliphatic heterocycles. The molecule has 0 unspecified atom stereocenters. The van der Waals surface area contributed by atoms with Crippen LogP contribution in [-0.4, -0.2) is 36.4 Å². The highest BCUT2D eigenvalue weighted by atomic mass is 32.2. The molecule has 0 atom stereocenters. The number of anilines is 2. The lowest BCUT2D eigenvalue weighted by Crippen LogP contribution is -2.38. The summed E-state index contributed by atoms with van der Waals surface area (Å²) in [6, 6.07) is 2.90. The molecule has 0 fully saturated rings. The number of hydrogen-bond donors (Lipinski definition) is 3. The number of carboxylic acids is 1. The van der Waals surface area contributed by atoms with E-state index in [0.29, 0.717) is 19.2 Å². The lowest BCUT2D eigenvalue weighted by molar-refractivity contribution is -0.683. The van der Waals surface area contributed by atoms with Crippen LogP contribution in [0.3, 0.4) is 0 Å². The molecule has 11 nitrogen and oxygen atoms in total. The summed E-state index contributed by atoms with van der Waals surface area (Å²) in [7, 11) is -4.30. The van der Waals surface area contributed by atoms with Crippen molar-refractivity contribution in [1.82, 2.24) is 9.55 Å². The molecule has 3 rings (SSSR count). The topological polar surface area (TPSA) is 163 Å². The minimum atomic E-state index is -4.30. The average molecular weight is 483 g/mol. The van der Waals surface area contributed by atoms with Crippen molar-refractivity contribution in [1.29, 1.82) is 0 Å². The number of aromatic nitrogens is 3. The fraction of sp³-hybridized carbons (Fsp3) is 0.222. The Morgan fingerprint density at radius 1 is 1.34 bits per heavy atom. The molecule has 0 radical (unpaired) electrons. The fourth-order valence-electron chi connectivity index (χ4n) is 2.70. The maximum atomic E-state index is 14.5. The predicted octanol–water partition coefficient (Wildman–Crippen LogP) is -0.477. The third-order valence-corrected chi connectivity index (χ3v) is 6.42. The van der Waals surface area contributed by atoms with Gasteiger partial charge in [0.1, 0.15) is 28.9 Å². The Kier molecular flexibility index (Phi) is 7.17. The summed E-state index contributed by atoms with van der Waals surface area (Å²) in [5, 5.41) is 13.1. The number of imidazole rings is 1. The Hall–Kier alpha value is -3.36. The molecule has 3 aromatic rings. The van der Waals surface area contributed by atoms with Gasteiger partial charge in [-0.3, -0.25) is 9.52 Å². The van der Waals surface area contributed by atoms with Crippen LogP contribution >= 0.6 is 11.3 Å². The van der Waals surface area contributed by atoms with E-state index in [0.717, 1.165) is 35.4 Å². The van der Waals surface area contributed by atoms with E-state index in [9.17, 15) is 27.5 Å². The minimum Gasteiger partial charge on any atom is -0.543 e.